The van der Waals surface area contributed by atoms with Gasteiger partial charge in [-0.2, -0.15) is 0 Å². The number of anilines is 2. The highest BCUT2D eigenvalue weighted by Crippen LogP contribution is 2.30. The van der Waals surface area contributed by atoms with Crippen LogP contribution in [0.25, 0.3) is 0 Å². The fourth-order valence-electron chi connectivity index (χ4n) is 3.07. The van der Waals surface area contributed by atoms with Crippen LogP contribution in [0.15, 0.2) is 90.6 Å². The quantitative estimate of drug-likeness (QED) is 0.412. The summed E-state index contributed by atoms with van der Waals surface area (Å²) in [7, 11) is -4.04. The molecule has 1 heterocycles. The fourth-order valence-corrected chi connectivity index (χ4v) is 4.86. The fraction of sp³-hybridized carbons (Fsp3) is 0.125. The second-order valence-corrected chi connectivity index (χ2v) is 9.37. The molecule has 8 nitrogen and oxygen atoms in total. The Morgan fingerprint density at radius 1 is 1.09 bits per heavy atom. The van der Waals surface area contributed by atoms with E-state index in [1.807, 2.05) is 0 Å². The molecule has 2 N–H and O–H groups in total. The van der Waals surface area contributed by atoms with Crippen LogP contribution in [0.2, 0.25) is 5.02 Å². The van der Waals surface area contributed by atoms with E-state index < -0.39 is 15.9 Å². The number of amides is 2. The molecule has 0 spiro atoms. The number of rotatable bonds is 10. The van der Waals surface area contributed by atoms with Gasteiger partial charge in [0.25, 0.3) is 15.9 Å². The number of para-hydroxylation sites is 1. The predicted octanol–water partition coefficient (Wildman–Crippen LogP) is 3.87. The van der Waals surface area contributed by atoms with Crippen LogP contribution < -0.4 is 14.9 Å². The number of carbonyl (C=O) groups excluding carboxylic acids is 2. The summed E-state index contributed by atoms with van der Waals surface area (Å²) in [6.07, 6.45) is 4.60. The van der Waals surface area contributed by atoms with Gasteiger partial charge in [-0.05, 0) is 42.5 Å². The molecule has 0 bridgehead atoms. The maximum atomic E-state index is 13.4. The monoisotopic (exact) mass is 498 g/mol. The molecule has 3 rings (SSSR count). The van der Waals surface area contributed by atoms with Gasteiger partial charge in [0.1, 0.15) is 0 Å². The molecule has 0 aliphatic carbocycles. The third-order valence-corrected chi connectivity index (χ3v) is 6.78. The Labute approximate surface area is 203 Å². The predicted molar refractivity (Wildman–Crippen MR) is 132 cm³/mol. The Bertz CT molecular complexity index is 1280. The van der Waals surface area contributed by atoms with Gasteiger partial charge in [0.2, 0.25) is 5.91 Å². The SMILES string of the molecule is C=CCN(c1ccccc1Cl)S(=O)(=O)c1cccc(C(=O)NCCC(=O)Nc2cccnc2)c1. The Hall–Kier alpha value is -3.69. The summed E-state index contributed by atoms with van der Waals surface area (Å²) in [6, 6.07) is 15.6. The first kappa shape index (κ1) is 24.9. The summed E-state index contributed by atoms with van der Waals surface area (Å²) in [5.74, 6) is -0.788. The van der Waals surface area contributed by atoms with Crippen molar-refractivity contribution in [3.8, 4) is 0 Å². The third kappa shape index (κ3) is 6.21. The van der Waals surface area contributed by atoms with Gasteiger partial charge in [-0.15, -0.1) is 6.58 Å². The lowest BCUT2D eigenvalue weighted by atomic mass is 10.2. The highest BCUT2D eigenvalue weighted by Gasteiger charge is 2.26. The van der Waals surface area contributed by atoms with Crippen LogP contribution in [0.5, 0.6) is 0 Å². The third-order valence-electron chi connectivity index (χ3n) is 4.68. The lowest BCUT2D eigenvalue weighted by molar-refractivity contribution is -0.116. The summed E-state index contributed by atoms with van der Waals surface area (Å²) in [4.78, 5) is 28.4. The largest absolute Gasteiger partial charge is 0.352 e. The van der Waals surface area contributed by atoms with E-state index in [0.717, 1.165) is 4.31 Å². The summed E-state index contributed by atoms with van der Waals surface area (Å²) in [5, 5.41) is 5.57. The van der Waals surface area contributed by atoms with E-state index in [9.17, 15) is 18.0 Å². The van der Waals surface area contributed by atoms with Crippen LogP contribution in [0, 0.1) is 0 Å². The van der Waals surface area contributed by atoms with E-state index in [1.54, 1.807) is 42.6 Å². The molecular formula is C24H23ClN4O4S. The van der Waals surface area contributed by atoms with E-state index in [-0.39, 0.29) is 40.9 Å². The lowest BCUT2D eigenvalue weighted by Crippen LogP contribution is -2.32. The van der Waals surface area contributed by atoms with Crippen molar-refractivity contribution in [2.24, 2.45) is 0 Å². The van der Waals surface area contributed by atoms with Crippen molar-refractivity contribution in [3.05, 3.63) is 96.3 Å². The van der Waals surface area contributed by atoms with Crippen LogP contribution in [0.1, 0.15) is 16.8 Å². The van der Waals surface area contributed by atoms with Gasteiger partial charge < -0.3 is 10.6 Å². The number of hydrogen-bond donors (Lipinski definition) is 2. The van der Waals surface area contributed by atoms with Crippen molar-refractivity contribution in [3.63, 3.8) is 0 Å². The summed E-state index contributed by atoms with van der Waals surface area (Å²) in [5.41, 5.74) is 1.00. The molecule has 0 saturated carbocycles. The topological polar surface area (TPSA) is 108 Å². The number of carbonyl (C=O) groups is 2. The maximum absolute atomic E-state index is 13.4. The van der Waals surface area contributed by atoms with Gasteiger partial charge in [0, 0.05) is 24.7 Å². The minimum atomic E-state index is -4.04. The molecule has 0 aliphatic heterocycles. The van der Waals surface area contributed by atoms with Gasteiger partial charge >= 0.3 is 0 Å². The molecule has 2 aromatic carbocycles. The second kappa shape index (κ2) is 11.4. The number of benzene rings is 2. The van der Waals surface area contributed by atoms with Gasteiger partial charge in [0.15, 0.2) is 0 Å². The molecule has 0 unspecified atom stereocenters. The number of sulfonamides is 1. The normalized spacial score (nSPS) is 10.9. The number of aromatic nitrogens is 1. The molecule has 0 saturated heterocycles. The van der Waals surface area contributed by atoms with Crippen molar-refractivity contribution in [1.82, 2.24) is 10.3 Å². The minimum absolute atomic E-state index is 0.00542. The summed E-state index contributed by atoms with van der Waals surface area (Å²) in [6.45, 7) is 3.70. The van der Waals surface area contributed by atoms with Crippen LogP contribution in [0.3, 0.4) is 0 Å². The Morgan fingerprint density at radius 3 is 2.59 bits per heavy atom. The molecule has 1 aromatic heterocycles. The van der Waals surface area contributed by atoms with E-state index in [1.165, 1.54) is 36.5 Å². The van der Waals surface area contributed by atoms with Crippen LogP contribution in [-0.2, 0) is 14.8 Å². The zero-order chi connectivity index (χ0) is 24.6. The second-order valence-electron chi connectivity index (χ2n) is 7.10. The highest BCUT2D eigenvalue weighted by atomic mass is 35.5. The van der Waals surface area contributed by atoms with E-state index >= 15 is 0 Å². The number of pyridine rings is 1. The highest BCUT2D eigenvalue weighted by molar-refractivity contribution is 7.92. The standard InChI is InChI=1S/C24H23ClN4O4S/c1-2-15-29(22-11-4-3-10-21(22)25)34(32,33)20-9-5-7-18(16-20)24(31)27-14-12-23(30)28-19-8-6-13-26-17-19/h2-11,13,16-17H,1,12,14-15H2,(H,27,31)(H,28,30). The smallest absolute Gasteiger partial charge is 0.264 e. The Balaban J connectivity index is 1.70. The molecule has 34 heavy (non-hydrogen) atoms. The van der Waals surface area contributed by atoms with Crippen molar-refractivity contribution >= 4 is 44.8 Å². The van der Waals surface area contributed by atoms with Crippen LogP contribution in [0.4, 0.5) is 11.4 Å². The molecule has 0 atom stereocenters. The van der Waals surface area contributed by atoms with Crippen LogP contribution >= 0.6 is 11.6 Å². The van der Waals surface area contributed by atoms with Gasteiger partial charge in [0.05, 0.1) is 34.0 Å². The summed E-state index contributed by atoms with van der Waals surface area (Å²) >= 11 is 6.22. The zero-order valence-electron chi connectivity index (χ0n) is 18.1. The average molecular weight is 499 g/mol. The van der Waals surface area contributed by atoms with Gasteiger partial charge in [-0.3, -0.25) is 18.9 Å². The first-order valence-electron chi connectivity index (χ1n) is 10.3. The summed E-state index contributed by atoms with van der Waals surface area (Å²) < 4.78 is 27.8. The van der Waals surface area contributed by atoms with Crippen molar-refractivity contribution in [2.75, 3.05) is 22.7 Å². The number of nitrogens with zero attached hydrogens (tertiary/aromatic N) is 2. The van der Waals surface area contributed by atoms with E-state index in [4.69, 9.17) is 11.6 Å². The van der Waals surface area contributed by atoms with Gasteiger partial charge in [-0.25, -0.2) is 8.42 Å². The number of halogens is 1. The van der Waals surface area contributed by atoms with Crippen molar-refractivity contribution in [2.45, 2.75) is 11.3 Å². The number of hydrogen-bond acceptors (Lipinski definition) is 5. The maximum Gasteiger partial charge on any atom is 0.264 e. The molecule has 3 aromatic rings. The minimum Gasteiger partial charge on any atom is -0.352 e. The van der Waals surface area contributed by atoms with E-state index in [2.05, 4.69) is 22.2 Å². The van der Waals surface area contributed by atoms with Crippen molar-refractivity contribution < 1.29 is 18.0 Å². The zero-order valence-corrected chi connectivity index (χ0v) is 19.7. The molecule has 0 radical (unpaired) electrons. The molecular weight excluding hydrogens is 476 g/mol. The molecule has 0 fully saturated rings. The van der Waals surface area contributed by atoms with Crippen LogP contribution in [-0.4, -0.2) is 38.3 Å². The molecule has 176 valence electrons. The van der Waals surface area contributed by atoms with Gasteiger partial charge in [-0.1, -0.05) is 35.9 Å². The first-order chi connectivity index (χ1) is 16.3. The molecule has 10 heteroatoms. The Kier molecular flexibility index (Phi) is 8.39. The Morgan fingerprint density at radius 2 is 1.88 bits per heavy atom. The molecule has 0 aliphatic rings. The lowest BCUT2D eigenvalue weighted by Gasteiger charge is -2.24. The van der Waals surface area contributed by atoms with E-state index in [0.29, 0.717) is 11.4 Å². The average Bonchev–Trinajstić information content (AvgIpc) is 2.83. The molecule has 2 amide bonds. The van der Waals surface area contributed by atoms with Crippen molar-refractivity contribution in [1.29, 1.82) is 0 Å². The number of nitrogens with one attached hydrogen (secondary N) is 2. The first-order valence-corrected chi connectivity index (χ1v) is 12.1.